The highest BCUT2D eigenvalue weighted by molar-refractivity contribution is 6.10. The lowest BCUT2D eigenvalue weighted by Gasteiger charge is -2.34. The van der Waals surface area contributed by atoms with Gasteiger partial charge in [0, 0.05) is 92.8 Å². The summed E-state index contributed by atoms with van der Waals surface area (Å²) in [6.45, 7) is 10.7. The Bertz CT molecular complexity index is 1470. The van der Waals surface area contributed by atoms with Crippen LogP contribution >= 0.6 is 0 Å². The van der Waals surface area contributed by atoms with E-state index in [1.54, 1.807) is 12.1 Å². The number of para-hydroxylation sites is 1. The molecule has 2 saturated heterocycles. The Kier molecular flexibility index (Phi) is 8.14. The predicted octanol–water partition coefficient (Wildman–Crippen LogP) is 4.57. The van der Waals surface area contributed by atoms with Crippen LogP contribution in [0.4, 0.5) is 4.39 Å². The molecule has 210 valence electrons. The van der Waals surface area contributed by atoms with Crippen molar-refractivity contribution in [2.75, 3.05) is 72.5 Å². The van der Waals surface area contributed by atoms with E-state index in [9.17, 15) is 9.18 Å². The Morgan fingerprint density at radius 1 is 0.725 bits per heavy atom. The number of aryl methyl sites for hydroxylation is 1. The van der Waals surface area contributed by atoms with Gasteiger partial charge in [0.05, 0.1) is 0 Å². The zero-order chi connectivity index (χ0) is 27.5. The summed E-state index contributed by atoms with van der Waals surface area (Å²) in [4.78, 5) is 22.9. The molecule has 3 heterocycles. The second-order valence-electron chi connectivity index (χ2n) is 11.4. The average Bonchev–Trinajstić information content (AvgIpc) is 3.30. The first-order valence-electron chi connectivity index (χ1n) is 14.7. The van der Waals surface area contributed by atoms with Gasteiger partial charge in [0.1, 0.15) is 5.82 Å². The molecule has 4 aromatic rings. The van der Waals surface area contributed by atoms with Crippen LogP contribution in [-0.4, -0.2) is 103 Å². The monoisotopic (exact) mass is 541 g/mol. The lowest BCUT2D eigenvalue weighted by Crippen LogP contribution is -2.49. The summed E-state index contributed by atoms with van der Waals surface area (Å²) < 4.78 is 15.9. The number of hydrogen-bond acceptors (Lipinski definition) is 4. The van der Waals surface area contributed by atoms with Gasteiger partial charge in [-0.2, -0.15) is 0 Å². The van der Waals surface area contributed by atoms with Gasteiger partial charge >= 0.3 is 0 Å². The molecular weight excluding hydrogens is 501 g/mol. The van der Waals surface area contributed by atoms with Crippen LogP contribution in [0.15, 0.2) is 66.7 Å². The molecule has 0 spiro atoms. The molecule has 2 aliphatic heterocycles. The fourth-order valence-corrected chi connectivity index (χ4v) is 6.29. The molecule has 0 aliphatic carbocycles. The number of carbonyl (C=O) groups excluding carboxylic acids is 1. The van der Waals surface area contributed by atoms with Gasteiger partial charge in [-0.25, -0.2) is 4.39 Å². The summed E-state index contributed by atoms with van der Waals surface area (Å²) in [7, 11) is 2.20. The maximum absolute atomic E-state index is 13.5. The number of fused-ring (bicyclic) bond motifs is 3. The fourth-order valence-electron chi connectivity index (χ4n) is 6.29. The van der Waals surface area contributed by atoms with Gasteiger partial charge in [0.2, 0.25) is 0 Å². The van der Waals surface area contributed by atoms with E-state index < -0.39 is 0 Å². The summed E-state index contributed by atoms with van der Waals surface area (Å²) >= 11 is 0. The number of piperazine rings is 2. The first-order chi connectivity index (χ1) is 19.5. The van der Waals surface area contributed by atoms with Crippen molar-refractivity contribution in [1.82, 2.24) is 24.2 Å². The number of rotatable bonds is 8. The Morgan fingerprint density at radius 2 is 1.45 bits per heavy atom. The van der Waals surface area contributed by atoms with E-state index in [-0.39, 0.29) is 11.7 Å². The number of benzene rings is 3. The molecule has 40 heavy (non-hydrogen) atoms. The van der Waals surface area contributed by atoms with Crippen molar-refractivity contribution < 1.29 is 9.18 Å². The molecule has 7 heteroatoms. The number of carbonyl (C=O) groups is 1. The smallest absolute Gasteiger partial charge is 0.253 e. The van der Waals surface area contributed by atoms with Gasteiger partial charge in [0.25, 0.3) is 5.91 Å². The Hall–Kier alpha value is -3.26. The summed E-state index contributed by atoms with van der Waals surface area (Å²) in [6, 6.07) is 21.7. The van der Waals surface area contributed by atoms with E-state index >= 15 is 0 Å². The van der Waals surface area contributed by atoms with Crippen LogP contribution in [-0.2, 0) is 13.0 Å². The van der Waals surface area contributed by atoms with E-state index in [4.69, 9.17) is 0 Å². The molecule has 3 aromatic carbocycles. The molecule has 6 nitrogen and oxygen atoms in total. The minimum atomic E-state index is -0.182. The molecule has 0 atom stereocenters. The van der Waals surface area contributed by atoms with Crippen molar-refractivity contribution in [1.29, 1.82) is 0 Å². The van der Waals surface area contributed by atoms with E-state index in [1.165, 1.54) is 22.5 Å². The van der Waals surface area contributed by atoms with Crippen LogP contribution in [0.2, 0.25) is 0 Å². The van der Waals surface area contributed by atoms with Crippen LogP contribution in [0, 0.1) is 5.82 Å². The number of aromatic nitrogens is 1. The molecule has 1 amide bonds. The fraction of sp³-hybridized carbons (Fsp3) is 0.424. The van der Waals surface area contributed by atoms with Crippen LogP contribution in [0.5, 0.6) is 0 Å². The molecule has 0 bridgehead atoms. The lowest BCUT2D eigenvalue weighted by molar-refractivity contribution is 0.0638. The van der Waals surface area contributed by atoms with Crippen molar-refractivity contribution in [3.05, 3.63) is 83.7 Å². The molecule has 2 aliphatic rings. The van der Waals surface area contributed by atoms with Crippen LogP contribution in [0.25, 0.3) is 21.8 Å². The summed E-state index contributed by atoms with van der Waals surface area (Å²) in [5, 5.41) is 2.38. The second kappa shape index (κ2) is 12.1. The SMILES string of the molecule is CN1CCN(CCCn2c3ccccc3c3cc(C(=O)N4CCN(CCc5cccc(F)c5)CC4)ccc32)CC1. The Labute approximate surface area is 236 Å². The highest BCUT2D eigenvalue weighted by Crippen LogP contribution is 2.30. The second-order valence-corrected chi connectivity index (χ2v) is 11.4. The Morgan fingerprint density at radius 3 is 2.25 bits per heavy atom. The molecule has 0 saturated carbocycles. The number of halogens is 1. The largest absolute Gasteiger partial charge is 0.340 e. The van der Waals surface area contributed by atoms with Crippen molar-refractivity contribution in [3.63, 3.8) is 0 Å². The molecule has 0 radical (unpaired) electrons. The van der Waals surface area contributed by atoms with E-state index in [1.807, 2.05) is 17.0 Å². The van der Waals surface area contributed by atoms with Crippen LogP contribution < -0.4 is 0 Å². The van der Waals surface area contributed by atoms with E-state index in [2.05, 4.69) is 62.7 Å². The standard InChI is InChI=1S/C33H40FN5O/c1-35-16-18-36(19-17-35)13-5-14-39-31-9-3-2-8-29(31)30-25-27(10-11-32(30)39)33(40)38-22-20-37(21-23-38)15-12-26-6-4-7-28(34)24-26/h2-4,6-11,24-25H,5,12-23H2,1H3. The first-order valence-corrected chi connectivity index (χ1v) is 14.7. The minimum absolute atomic E-state index is 0.110. The van der Waals surface area contributed by atoms with Crippen LogP contribution in [0.1, 0.15) is 22.3 Å². The molecule has 1 aromatic heterocycles. The molecule has 0 N–H and O–H groups in total. The molecule has 2 fully saturated rings. The summed E-state index contributed by atoms with van der Waals surface area (Å²) in [6.07, 6.45) is 1.93. The van der Waals surface area contributed by atoms with Gasteiger partial charge in [-0.15, -0.1) is 0 Å². The predicted molar refractivity (Wildman–Crippen MR) is 160 cm³/mol. The highest BCUT2D eigenvalue weighted by atomic mass is 19.1. The third kappa shape index (κ3) is 5.92. The van der Waals surface area contributed by atoms with Crippen molar-refractivity contribution in [2.45, 2.75) is 19.4 Å². The van der Waals surface area contributed by atoms with Crippen LogP contribution in [0.3, 0.4) is 0 Å². The number of likely N-dealkylation sites (N-methyl/N-ethyl adjacent to an activating group) is 1. The maximum Gasteiger partial charge on any atom is 0.253 e. The zero-order valence-electron chi connectivity index (χ0n) is 23.6. The number of amides is 1. The minimum Gasteiger partial charge on any atom is -0.340 e. The normalized spacial score (nSPS) is 17.7. The molecular formula is C33H40FN5O. The third-order valence-corrected chi connectivity index (χ3v) is 8.74. The third-order valence-electron chi connectivity index (χ3n) is 8.74. The van der Waals surface area contributed by atoms with E-state index in [0.717, 1.165) is 88.3 Å². The zero-order valence-corrected chi connectivity index (χ0v) is 23.6. The van der Waals surface area contributed by atoms with E-state index in [0.29, 0.717) is 13.1 Å². The molecule has 6 rings (SSSR count). The topological polar surface area (TPSA) is 35.0 Å². The van der Waals surface area contributed by atoms with Gasteiger partial charge in [-0.05, 0) is 68.4 Å². The first kappa shape index (κ1) is 26.9. The van der Waals surface area contributed by atoms with Gasteiger partial charge < -0.3 is 19.3 Å². The van der Waals surface area contributed by atoms with Crippen molar-refractivity contribution >= 4 is 27.7 Å². The van der Waals surface area contributed by atoms with Crippen molar-refractivity contribution in [3.8, 4) is 0 Å². The quantitative estimate of drug-likeness (QED) is 0.327. The molecule has 0 unspecified atom stereocenters. The highest BCUT2D eigenvalue weighted by Gasteiger charge is 2.23. The number of hydrogen-bond donors (Lipinski definition) is 0. The number of nitrogens with zero attached hydrogens (tertiary/aromatic N) is 5. The Balaban J connectivity index is 1.11. The van der Waals surface area contributed by atoms with Gasteiger partial charge in [-0.1, -0.05) is 30.3 Å². The lowest BCUT2D eigenvalue weighted by atomic mass is 10.1. The van der Waals surface area contributed by atoms with Gasteiger partial charge in [0.15, 0.2) is 0 Å². The van der Waals surface area contributed by atoms with Gasteiger partial charge in [-0.3, -0.25) is 9.69 Å². The average molecular weight is 542 g/mol. The summed E-state index contributed by atoms with van der Waals surface area (Å²) in [5.74, 6) is -0.0720. The summed E-state index contributed by atoms with van der Waals surface area (Å²) in [5.41, 5.74) is 4.23. The maximum atomic E-state index is 13.5. The van der Waals surface area contributed by atoms with Crippen molar-refractivity contribution in [2.24, 2.45) is 0 Å².